The van der Waals surface area contributed by atoms with E-state index in [4.69, 9.17) is 6.42 Å². The van der Waals surface area contributed by atoms with Crippen molar-refractivity contribution in [3.05, 3.63) is 12.2 Å². The lowest BCUT2D eigenvalue weighted by Crippen LogP contribution is -2.37. The van der Waals surface area contributed by atoms with Gasteiger partial charge in [-0.25, -0.2) is 0 Å². The molecule has 1 aliphatic carbocycles. The summed E-state index contributed by atoms with van der Waals surface area (Å²) in [5.41, 5.74) is 0. The predicted molar refractivity (Wildman–Crippen MR) is 69.3 cm³/mol. The lowest BCUT2D eigenvalue weighted by atomic mass is 9.95. The van der Waals surface area contributed by atoms with Gasteiger partial charge in [0.2, 0.25) is 0 Å². The van der Waals surface area contributed by atoms with E-state index in [1.165, 1.54) is 12.8 Å². The fraction of sp³-hybridized carbons (Fsp3) is 0.615. The molecule has 2 N–H and O–H groups in total. The third-order valence-corrected chi connectivity index (χ3v) is 2.59. The van der Waals surface area contributed by atoms with Gasteiger partial charge in [-0.1, -0.05) is 18.1 Å². The standard InChI is InChI=1S/C13H21N3/c1-3-10-15-13(14-4-2)16-11-12-8-6-5-7-9-12/h1,5-6,12H,4,7-11H2,2H3,(H2,14,15,16). The fourth-order valence-electron chi connectivity index (χ4n) is 1.72. The second-order valence-electron chi connectivity index (χ2n) is 3.93. The quantitative estimate of drug-likeness (QED) is 0.325. The first-order valence-corrected chi connectivity index (χ1v) is 5.97. The molecule has 88 valence electrons. The molecule has 0 aromatic rings. The second kappa shape index (κ2) is 7.81. The number of guanidine groups is 1. The van der Waals surface area contributed by atoms with Crippen LogP contribution < -0.4 is 10.6 Å². The van der Waals surface area contributed by atoms with Crippen molar-refractivity contribution < 1.29 is 0 Å². The maximum atomic E-state index is 5.21. The molecule has 3 nitrogen and oxygen atoms in total. The molecule has 16 heavy (non-hydrogen) atoms. The van der Waals surface area contributed by atoms with Gasteiger partial charge in [-0.2, -0.15) is 0 Å². The Hall–Kier alpha value is -1.43. The third kappa shape index (κ3) is 4.88. The Bertz CT molecular complexity index is 286. The topological polar surface area (TPSA) is 36.4 Å². The summed E-state index contributed by atoms with van der Waals surface area (Å²) < 4.78 is 0. The summed E-state index contributed by atoms with van der Waals surface area (Å²) in [7, 11) is 0. The van der Waals surface area contributed by atoms with Crippen molar-refractivity contribution in [2.75, 3.05) is 19.6 Å². The van der Waals surface area contributed by atoms with Gasteiger partial charge in [0.05, 0.1) is 6.54 Å². The minimum atomic E-state index is 0.524. The number of aliphatic imine (C=N–C) groups is 1. The smallest absolute Gasteiger partial charge is 0.192 e. The van der Waals surface area contributed by atoms with Crippen molar-refractivity contribution in [2.45, 2.75) is 26.2 Å². The number of hydrogen-bond donors (Lipinski definition) is 2. The van der Waals surface area contributed by atoms with E-state index in [-0.39, 0.29) is 0 Å². The summed E-state index contributed by atoms with van der Waals surface area (Å²) >= 11 is 0. The lowest BCUT2D eigenvalue weighted by molar-refractivity contribution is 0.490. The molecule has 0 amide bonds. The van der Waals surface area contributed by atoms with E-state index >= 15 is 0 Å². The zero-order valence-electron chi connectivity index (χ0n) is 10.00. The molecule has 0 fully saturated rings. The van der Waals surface area contributed by atoms with Crippen LogP contribution in [0.1, 0.15) is 26.2 Å². The predicted octanol–water partition coefficient (Wildman–Crippen LogP) is 1.53. The van der Waals surface area contributed by atoms with Crippen LogP contribution in [0, 0.1) is 18.3 Å². The zero-order valence-corrected chi connectivity index (χ0v) is 10.00. The summed E-state index contributed by atoms with van der Waals surface area (Å²) in [5, 5.41) is 6.28. The van der Waals surface area contributed by atoms with Crippen molar-refractivity contribution in [1.82, 2.24) is 10.6 Å². The molecule has 1 rings (SSSR count). The largest absolute Gasteiger partial charge is 0.357 e. The number of nitrogens with one attached hydrogen (secondary N) is 2. The molecular weight excluding hydrogens is 198 g/mol. The van der Waals surface area contributed by atoms with Gasteiger partial charge in [0, 0.05) is 13.1 Å². The van der Waals surface area contributed by atoms with Crippen LogP contribution in [0.3, 0.4) is 0 Å². The molecule has 1 unspecified atom stereocenters. The highest BCUT2D eigenvalue weighted by atomic mass is 15.2. The monoisotopic (exact) mass is 219 g/mol. The summed E-state index contributed by atoms with van der Waals surface area (Å²) in [6, 6.07) is 0. The van der Waals surface area contributed by atoms with Crippen molar-refractivity contribution >= 4 is 5.96 Å². The van der Waals surface area contributed by atoms with Gasteiger partial charge in [-0.05, 0) is 32.1 Å². The Morgan fingerprint density at radius 2 is 2.38 bits per heavy atom. The first-order valence-electron chi connectivity index (χ1n) is 5.97. The van der Waals surface area contributed by atoms with Gasteiger partial charge in [0.1, 0.15) is 0 Å². The van der Waals surface area contributed by atoms with E-state index in [2.05, 4.69) is 40.6 Å². The molecular formula is C13H21N3. The third-order valence-electron chi connectivity index (χ3n) is 2.59. The minimum Gasteiger partial charge on any atom is -0.357 e. The maximum Gasteiger partial charge on any atom is 0.192 e. The second-order valence-corrected chi connectivity index (χ2v) is 3.93. The van der Waals surface area contributed by atoms with Crippen LogP contribution in [0.2, 0.25) is 0 Å². The average molecular weight is 219 g/mol. The molecule has 3 heteroatoms. The Kier molecular flexibility index (Phi) is 6.17. The molecule has 0 radical (unpaired) electrons. The Labute approximate surface area is 98.4 Å². The summed E-state index contributed by atoms with van der Waals surface area (Å²) in [5.74, 6) is 4.07. The average Bonchev–Trinajstić information content (AvgIpc) is 2.34. The van der Waals surface area contributed by atoms with Crippen LogP contribution in [-0.2, 0) is 0 Å². The van der Waals surface area contributed by atoms with Gasteiger partial charge < -0.3 is 10.6 Å². The number of hydrogen-bond acceptors (Lipinski definition) is 1. The molecule has 0 aromatic carbocycles. The Balaban J connectivity index is 2.37. The lowest BCUT2D eigenvalue weighted by Gasteiger charge is -2.16. The van der Waals surface area contributed by atoms with Crippen LogP contribution >= 0.6 is 0 Å². The first kappa shape index (κ1) is 12.6. The zero-order chi connectivity index (χ0) is 11.6. The highest BCUT2D eigenvalue weighted by Gasteiger charge is 2.09. The summed E-state index contributed by atoms with van der Waals surface area (Å²) in [6.07, 6.45) is 13.3. The van der Waals surface area contributed by atoms with Crippen LogP contribution in [0.25, 0.3) is 0 Å². The fourth-order valence-corrected chi connectivity index (χ4v) is 1.72. The van der Waals surface area contributed by atoms with Crippen molar-refractivity contribution in [1.29, 1.82) is 0 Å². The summed E-state index contributed by atoms with van der Waals surface area (Å²) in [4.78, 5) is 4.54. The molecule has 0 bridgehead atoms. The number of nitrogens with zero attached hydrogens (tertiary/aromatic N) is 1. The van der Waals surface area contributed by atoms with Crippen molar-refractivity contribution in [2.24, 2.45) is 10.9 Å². The van der Waals surface area contributed by atoms with Crippen LogP contribution in [0.15, 0.2) is 17.1 Å². The van der Waals surface area contributed by atoms with E-state index in [0.717, 1.165) is 25.5 Å². The van der Waals surface area contributed by atoms with Crippen LogP contribution in [0.5, 0.6) is 0 Å². The highest BCUT2D eigenvalue weighted by molar-refractivity contribution is 5.79. The van der Waals surface area contributed by atoms with Gasteiger partial charge in [0.15, 0.2) is 5.96 Å². The molecule has 1 atom stereocenters. The SMILES string of the molecule is C#CCNC(=NCC1CC=CCC1)NCC. The number of terminal acetylenes is 1. The number of allylic oxidation sites excluding steroid dienone is 2. The van der Waals surface area contributed by atoms with Gasteiger partial charge in [-0.3, -0.25) is 4.99 Å². The molecule has 1 aliphatic rings. The van der Waals surface area contributed by atoms with E-state index < -0.39 is 0 Å². The molecule has 0 spiro atoms. The van der Waals surface area contributed by atoms with E-state index in [0.29, 0.717) is 12.5 Å². The van der Waals surface area contributed by atoms with E-state index in [1.54, 1.807) is 0 Å². The number of rotatable bonds is 4. The van der Waals surface area contributed by atoms with Crippen molar-refractivity contribution in [3.63, 3.8) is 0 Å². The van der Waals surface area contributed by atoms with Gasteiger partial charge >= 0.3 is 0 Å². The summed E-state index contributed by atoms with van der Waals surface area (Å²) in [6.45, 7) is 4.32. The highest BCUT2D eigenvalue weighted by Crippen LogP contribution is 2.17. The van der Waals surface area contributed by atoms with E-state index in [9.17, 15) is 0 Å². The molecule has 0 saturated heterocycles. The molecule has 0 heterocycles. The van der Waals surface area contributed by atoms with Crippen LogP contribution in [0.4, 0.5) is 0 Å². The molecule has 0 aromatic heterocycles. The van der Waals surface area contributed by atoms with E-state index in [1.807, 2.05) is 0 Å². The minimum absolute atomic E-state index is 0.524. The van der Waals surface area contributed by atoms with Gasteiger partial charge in [0.25, 0.3) is 0 Å². The normalized spacial score (nSPS) is 20.2. The van der Waals surface area contributed by atoms with Crippen molar-refractivity contribution in [3.8, 4) is 12.3 Å². The van der Waals surface area contributed by atoms with Crippen LogP contribution in [-0.4, -0.2) is 25.6 Å². The first-order chi connectivity index (χ1) is 7.86. The molecule has 0 aliphatic heterocycles. The Morgan fingerprint density at radius 3 is 3.00 bits per heavy atom. The Morgan fingerprint density at radius 1 is 1.50 bits per heavy atom. The maximum absolute atomic E-state index is 5.21. The molecule has 0 saturated carbocycles. The van der Waals surface area contributed by atoms with Gasteiger partial charge in [-0.15, -0.1) is 6.42 Å².